The highest BCUT2D eigenvalue weighted by Crippen LogP contribution is 2.80. The van der Waals surface area contributed by atoms with Gasteiger partial charge in [0, 0.05) is 4.90 Å². The molecule has 0 saturated heterocycles. The fraction of sp³-hybridized carbons (Fsp3) is 0.692. The van der Waals surface area contributed by atoms with Gasteiger partial charge in [0.2, 0.25) is 0 Å². The molecular weight excluding hydrogens is 530 g/mol. The van der Waals surface area contributed by atoms with Crippen molar-refractivity contribution in [1.82, 2.24) is 0 Å². The molecule has 0 heterocycles. The predicted octanol–water partition coefficient (Wildman–Crippen LogP) is 12.5. The lowest BCUT2D eigenvalue weighted by Crippen LogP contribution is -2.44. The van der Waals surface area contributed by atoms with Gasteiger partial charge >= 0.3 is 0 Å². The van der Waals surface area contributed by atoms with Crippen molar-refractivity contribution in [2.45, 2.75) is 169 Å². The van der Waals surface area contributed by atoms with Gasteiger partial charge in [0.15, 0.2) is 0 Å². The van der Waals surface area contributed by atoms with Crippen LogP contribution in [0.4, 0.5) is 0 Å². The maximum atomic E-state index is 2.53. The Balaban J connectivity index is 1.55. The molecule has 2 aromatic carbocycles. The zero-order valence-corrected chi connectivity index (χ0v) is 27.8. The second-order valence-electron chi connectivity index (χ2n) is 14.3. The third-order valence-electron chi connectivity index (χ3n) is 11.5. The van der Waals surface area contributed by atoms with Crippen molar-refractivity contribution in [3.8, 4) is 0 Å². The smallest absolute Gasteiger partial charge is 0.0196 e. The summed E-state index contributed by atoms with van der Waals surface area (Å²) in [7, 11) is -0.104. The first-order chi connectivity index (χ1) is 20.3. The summed E-state index contributed by atoms with van der Waals surface area (Å²) in [5.74, 6) is 0. The molecule has 0 aliphatic heterocycles. The molecule has 0 amide bonds. The van der Waals surface area contributed by atoms with Gasteiger partial charge < -0.3 is 0 Å². The Morgan fingerprint density at radius 3 is 0.927 bits per heavy atom. The molecule has 4 aliphatic carbocycles. The van der Waals surface area contributed by atoms with Crippen molar-refractivity contribution in [2.24, 2.45) is 0 Å². The van der Waals surface area contributed by atoms with E-state index in [1.165, 1.54) is 89.9 Å². The molecule has 224 valence electrons. The number of benzene rings is 2. The predicted molar refractivity (Wildman–Crippen MR) is 184 cm³/mol. The van der Waals surface area contributed by atoms with E-state index in [1.807, 2.05) is 0 Å². The minimum absolute atomic E-state index is 0.0522. The van der Waals surface area contributed by atoms with E-state index < -0.39 is 0 Å². The molecule has 6 rings (SSSR count). The minimum Gasteiger partial charge on any atom is -0.0888 e. The number of rotatable bonds is 10. The van der Waals surface area contributed by atoms with Gasteiger partial charge in [0.05, 0.1) is 0 Å². The van der Waals surface area contributed by atoms with Crippen LogP contribution in [0.5, 0.6) is 0 Å². The van der Waals surface area contributed by atoms with Crippen LogP contribution in [0.1, 0.15) is 140 Å². The Hall–Kier alpha value is -0.700. The Morgan fingerprint density at radius 1 is 0.390 bits per heavy atom. The van der Waals surface area contributed by atoms with Gasteiger partial charge in [0.25, 0.3) is 0 Å². The molecule has 2 heteroatoms. The van der Waals surface area contributed by atoms with E-state index >= 15 is 0 Å². The van der Waals surface area contributed by atoms with Crippen LogP contribution in [0.15, 0.2) is 60.7 Å². The molecule has 0 nitrogen and oxygen atoms in total. The van der Waals surface area contributed by atoms with Crippen molar-refractivity contribution in [1.29, 1.82) is 0 Å². The molecule has 0 spiro atoms. The van der Waals surface area contributed by atoms with Crippen molar-refractivity contribution >= 4 is 15.8 Å². The first kappa shape index (κ1) is 30.3. The SMILES string of the molecule is c1ccc(CC(Cc2ccccc2)(P(C2CCCCC2)C2CCCCC2)P(C2CCCCC2)C2CCCCC2)cc1. The molecule has 0 radical (unpaired) electrons. The highest BCUT2D eigenvalue weighted by molar-refractivity contribution is 7.78. The van der Waals surface area contributed by atoms with Gasteiger partial charge in [-0.05, 0) is 98.0 Å². The summed E-state index contributed by atoms with van der Waals surface area (Å²) >= 11 is 0. The maximum Gasteiger partial charge on any atom is 0.0196 e. The lowest BCUT2D eigenvalue weighted by atomic mass is 9.99. The topological polar surface area (TPSA) is 0 Å². The van der Waals surface area contributed by atoms with Crippen LogP contribution >= 0.6 is 15.8 Å². The maximum absolute atomic E-state index is 2.53. The van der Waals surface area contributed by atoms with Gasteiger partial charge in [0.1, 0.15) is 0 Å². The van der Waals surface area contributed by atoms with Gasteiger partial charge in [-0.1, -0.05) is 154 Å². The summed E-state index contributed by atoms with van der Waals surface area (Å²) in [5.41, 5.74) is 7.42. The molecule has 0 atom stereocenters. The van der Waals surface area contributed by atoms with Crippen LogP contribution in [0.2, 0.25) is 0 Å². The number of hydrogen-bond acceptors (Lipinski definition) is 0. The quantitative estimate of drug-likeness (QED) is 0.242. The summed E-state index contributed by atoms with van der Waals surface area (Å²) in [5, 5.41) is 0. The molecular formula is C39H58P2. The Bertz CT molecular complexity index is 875. The first-order valence-electron chi connectivity index (χ1n) is 18.0. The summed E-state index contributed by atoms with van der Waals surface area (Å²) in [4.78, 5) is 0.501. The fourth-order valence-corrected chi connectivity index (χ4v) is 21.9. The monoisotopic (exact) mass is 588 g/mol. The normalized spacial score (nSPS) is 22.9. The van der Waals surface area contributed by atoms with Crippen molar-refractivity contribution < 1.29 is 0 Å². The van der Waals surface area contributed by atoms with Crippen molar-refractivity contribution in [3.05, 3.63) is 71.8 Å². The van der Waals surface area contributed by atoms with E-state index in [1.54, 1.807) is 62.5 Å². The van der Waals surface area contributed by atoms with Gasteiger partial charge in [-0.3, -0.25) is 0 Å². The molecule has 0 unspecified atom stereocenters. The van der Waals surface area contributed by atoms with E-state index in [-0.39, 0.29) is 15.8 Å². The molecule has 0 bridgehead atoms. The zero-order valence-electron chi connectivity index (χ0n) is 26.0. The highest BCUT2D eigenvalue weighted by Gasteiger charge is 2.54. The average Bonchev–Trinajstić information content (AvgIpc) is 3.04. The van der Waals surface area contributed by atoms with E-state index in [4.69, 9.17) is 0 Å². The largest absolute Gasteiger partial charge is 0.0888 e. The Labute approximate surface area is 255 Å². The highest BCUT2D eigenvalue weighted by atomic mass is 31.2. The first-order valence-corrected chi connectivity index (χ1v) is 20.9. The molecule has 0 aromatic heterocycles. The van der Waals surface area contributed by atoms with E-state index in [2.05, 4.69) is 60.7 Å². The van der Waals surface area contributed by atoms with Crippen LogP contribution in [0.25, 0.3) is 0 Å². The summed E-state index contributed by atoms with van der Waals surface area (Å²) in [6.07, 6.45) is 33.2. The standard InChI is InChI=1S/C39H58P2/c1-7-19-33(20-8-1)31-39(32-34-21-9-2-10-22-34,40(35-23-11-3-12-24-35)36-25-13-4-14-26-36)41(37-27-15-5-16-28-37)38-29-17-6-18-30-38/h1-2,7-10,19-22,35-38H,3-6,11-18,23-32H2. The zero-order chi connectivity index (χ0) is 27.7. The summed E-state index contributed by atoms with van der Waals surface area (Å²) < 4.78 is 0. The summed E-state index contributed by atoms with van der Waals surface area (Å²) in [6, 6.07) is 24.1. The van der Waals surface area contributed by atoms with Crippen LogP contribution in [-0.4, -0.2) is 27.5 Å². The van der Waals surface area contributed by atoms with Crippen molar-refractivity contribution in [3.63, 3.8) is 0 Å². The second kappa shape index (κ2) is 15.3. The second-order valence-corrected chi connectivity index (χ2v) is 20.9. The molecule has 0 N–H and O–H groups in total. The van der Waals surface area contributed by atoms with E-state index in [9.17, 15) is 0 Å². The van der Waals surface area contributed by atoms with E-state index in [0.29, 0.717) is 4.90 Å². The van der Waals surface area contributed by atoms with E-state index in [0.717, 1.165) is 22.6 Å². The lowest BCUT2D eigenvalue weighted by Gasteiger charge is -2.59. The Morgan fingerprint density at radius 2 is 0.659 bits per heavy atom. The van der Waals surface area contributed by atoms with Gasteiger partial charge in [-0.2, -0.15) is 0 Å². The van der Waals surface area contributed by atoms with Gasteiger partial charge in [-0.25, -0.2) is 0 Å². The van der Waals surface area contributed by atoms with Crippen LogP contribution < -0.4 is 0 Å². The van der Waals surface area contributed by atoms with Crippen LogP contribution in [0.3, 0.4) is 0 Å². The van der Waals surface area contributed by atoms with Gasteiger partial charge in [-0.15, -0.1) is 0 Å². The third kappa shape index (κ3) is 7.51. The molecule has 41 heavy (non-hydrogen) atoms. The summed E-state index contributed by atoms with van der Waals surface area (Å²) in [6.45, 7) is 0. The molecule has 2 aromatic rings. The molecule has 4 aliphatic rings. The molecule has 4 fully saturated rings. The minimum atomic E-state index is -0.0522. The van der Waals surface area contributed by atoms with Crippen LogP contribution in [-0.2, 0) is 12.8 Å². The van der Waals surface area contributed by atoms with Crippen molar-refractivity contribution in [2.75, 3.05) is 0 Å². The average molecular weight is 589 g/mol. The molecule has 4 saturated carbocycles. The Kier molecular flexibility index (Phi) is 11.3. The van der Waals surface area contributed by atoms with Crippen LogP contribution in [0, 0.1) is 0 Å². The third-order valence-corrected chi connectivity index (χ3v) is 20.6. The number of hydrogen-bond donors (Lipinski definition) is 0. The fourth-order valence-electron chi connectivity index (χ4n) is 9.80. The lowest BCUT2D eigenvalue weighted by molar-refractivity contribution is 0.465.